The summed E-state index contributed by atoms with van der Waals surface area (Å²) in [7, 11) is 0. The van der Waals surface area contributed by atoms with Crippen molar-refractivity contribution in [2.45, 2.75) is 31.2 Å². The zero-order valence-electron chi connectivity index (χ0n) is 16.1. The Morgan fingerprint density at radius 1 is 0.929 bits per heavy atom. The molecule has 2 amide bonds. The number of carbonyl (C=O) groups is 2. The summed E-state index contributed by atoms with van der Waals surface area (Å²) >= 11 is 0. The monoisotopic (exact) mass is 377 g/mol. The molecule has 1 fully saturated rings. The van der Waals surface area contributed by atoms with Crippen LogP contribution in [-0.4, -0.2) is 42.9 Å². The average molecular weight is 377 g/mol. The van der Waals surface area contributed by atoms with Crippen LogP contribution in [0, 0.1) is 0 Å². The lowest BCUT2D eigenvalue weighted by molar-refractivity contribution is -0.121. The van der Waals surface area contributed by atoms with Crippen LogP contribution >= 0.6 is 0 Å². The van der Waals surface area contributed by atoms with Gasteiger partial charge in [0, 0.05) is 43.6 Å². The molecule has 5 nitrogen and oxygen atoms in total. The standard InChI is InChI=1S/C23H27N3O2/c27-22-14-21(17-8-2-1-3-9-17)24-12-6-7-13-26-16-18(15-25-22)19-10-4-5-11-20(19)23(26)28/h1-5,8-11,18,21,24H,6-7,12-16H2,(H,25,27)/t18-,21?/m1/s1. The Bertz CT molecular complexity index is 837. The first kappa shape index (κ1) is 18.7. The minimum atomic E-state index is 0.00977. The molecule has 5 heteroatoms. The van der Waals surface area contributed by atoms with Crippen LogP contribution in [0.25, 0.3) is 0 Å². The molecule has 146 valence electrons. The van der Waals surface area contributed by atoms with Crippen LogP contribution in [0.15, 0.2) is 54.6 Å². The van der Waals surface area contributed by atoms with E-state index >= 15 is 0 Å². The van der Waals surface area contributed by atoms with E-state index in [0.717, 1.165) is 42.6 Å². The Balaban J connectivity index is 1.55. The van der Waals surface area contributed by atoms with Gasteiger partial charge in [-0.15, -0.1) is 0 Å². The molecule has 0 saturated carbocycles. The molecule has 2 N–H and O–H groups in total. The normalized spacial score (nSPS) is 23.6. The Morgan fingerprint density at radius 2 is 1.71 bits per heavy atom. The Labute approximate surface area is 166 Å². The average Bonchev–Trinajstić information content (AvgIpc) is 2.75. The van der Waals surface area contributed by atoms with Crippen molar-refractivity contribution in [3.63, 3.8) is 0 Å². The van der Waals surface area contributed by atoms with Crippen molar-refractivity contribution in [3.05, 3.63) is 71.3 Å². The van der Waals surface area contributed by atoms with Crippen molar-refractivity contribution < 1.29 is 9.59 Å². The number of fused-ring (bicyclic) bond motifs is 4. The topological polar surface area (TPSA) is 61.4 Å². The molecule has 0 radical (unpaired) electrons. The van der Waals surface area contributed by atoms with E-state index in [1.165, 1.54) is 0 Å². The number of hydrogen-bond donors (Lipinski definition) is 2. The summed E-state index contributed by atoms with van der Waals surface area (Å²) in [5.74, 6) is 0.298. The number of hydrogen-bond acceptors (Lipinski definition) is 3. The lowest BCUT2D eigenvalue weighted by Gasteiger charge is -2.34. The van der Waals surface area contributed by atoms with Gasteiger partial charge in [-0.25, -0.2) is 0 Å². The largest absolute Gasteiger partial charge is 0.355 e. The Morgan fingerprint density at radius 3 is 2.57 bits per heavy atom. The highest BCUT2D eigenvalue weighted by atomic mass is 16.2. The first-order valence-corrected chi connectivity index (χ1v) is 10.2. The molecule has 2 aliphatic rings. The highest BCUT2D eigenvalue weighted by Gasteiger charge is 2.31. The second kappa shape index (κ2) is 8.57. The summed E-state index contributed by atoms with van der Waals surface area (Å²) in [6, 6.07) is 18.0. The molecular formula is C23H27N3O2. The first-order valence-electron chi connectivity index (χ1n) is 10.2. The fourth-order valence-corrected chi connectivity index (χ4v) is 4.22. The van der Waals surface area contributed by atoms with Crippen LogP contribution in [0.1, 0.15) is 52.7 Å². The molecule has 2 heterocycles. The summed E-state index contributed by atoms with van der Waals surface area (Å²) in [5, 5.41) is 6.64. The Kier molecular flexibility index (Phi) is 5.72. The third kappa shape index (κ3) is 4.09. The molecule has 2 bridgehead atoms. The van der Waals surface area contributed by atoms with E-state index in [0.29, 0.717) is 19.5 Å². The summed E-state index contributed by atoms with van der Waals surface area (Å²) < 4.78 is 0. The minimum absolute atomic E-state index is 0.00977. The molecule has 1 unspecified atom stereocenters. The molecule has 2 atom stereocenters. The quantitative estimate of drug-likeness (QED) is 0.803. The zero-order chi connectivity index (χ0) is 19.3. The van der Waals surface area contributed by atoms with Crippen molar-refractivity contribution >= 4 is 11.8 Å². The van der Waals surface area contributed by atoms with Crippen molar-refractivity contribution in [3.8, 4) is 0 Å². The SMILES string of the molecule is O=C1CC(c2ccccc2)NCCCCN2C[C@@H](CN1)c1ccccc1C2=O. The molecule has 0 aromatic heterocycles. The Hall–Kier alpha value is -2.66. The minimum Gasteiger partial charge on any atom is -0.355 e. The predicted molar refractivity (Wildman–Crippen MR) is 109 cm³/mol. The van der Waals surface area contributed by atoms with Crippen molar-refractivity contribution in [1.29, 1.82) is 0 Å². The lowest BCUT2D eigenvalue weighted by Crippen LogP contribution is -2.43. The number of rotatable bonds is 1. The van der Waals surface area contributed by atoms with E-state index in [-0.39, 0.29) is 23.8 Å². The van der Waals surface area contributed by atoms with Crippen molar-refractivity contribution in [1.82, 2.24) is 15.5 Å². The summed E-state index contributed by atoms with van der Waals surface area (Å²) in [4.78, 5) is 27.5. The van der Waals surface area contributed by atoms with Crippen LogP contribution in [-0.2, 0) is 4.79 Å². The maximum absolute atomic E-state index is 12.8. The summed E-state index contributed by atoms with van der Waals surface area (Å²) in [6.45, 7) is 2.82. The molecule has 2 aromatic rings. The molecule has 4 rings (SSSR count). The zero-order valence-corrected chi connectivity index (χ0v) is 16.1. The predicted octanol–water partition coefficient (Wildman–Crippen LogP) is 2.86. The number of amides is 2. The molecular weight excluding hydrogens is 350 g/mol. The second-order valence-electron chi connectivity index (χ2n) is 7.67. The van der Waals surface area contributed by atoms with Gasteiger partial charge in [-0.05, 0) is 36.6 Å². The first-order chi connectivity index (χ1) is 13.7. The molecule has 1 saturated heterocycles. The van der Waals surface area contributed by atoms with Crippen molar-refractivity contribution in [2.75, 3.05) is 26.2 Å². The van der Waals surface area contributed by atoms with Crippen LogP contribution in [0.2, 0.25) is 0 Å². The van der Waals surface area contributed by atoms with Crippen LogP contribution < -0.4 is 10.6 Å². The van der Waals surface area contributed by atoms with Crippen molar-refractivity contribution in [2.24, 2.45) is 0 Å². The van der Waals surface area contributed by atoms with Crippen LogP contribution in [0.4, 0.5) is 0 Å². The third-order valence-electron chi connectivity index (χ3n) is 5.74. The highest BCUT2D eigenvalue weighted by molar-refractivity contribution is 5.97. The number of benzene rings is 2. The van der Waals surface area contributed by atoms with E-state index in [4.69, 9.17) is 0 Å². The number of carbonyl (C=O) groups excluding carboxylic acids is 2. The van der Waals surface area contributed by atoms with Gasteiger partial charge in [0.2, 0.25) is 5.91 Å². The van der Waals surface area contributed by atoms with Crippen LogP contribution in [0.5, 0.6) is 0 Å². The van der Waals surface area contributed by atoms with E-state index in [9.17, 15) is 9.59 Å². The maximum atomic E-state index is 12.8. The fourth-order valence-electron chi connectivity index (χ4n) is 4.22. The summed E-state index contributed by atoms with van der Waals surface area (Å²) in [5.41, 5.74) is 2.97. The van der Waals surface area contributed by atoms with Gasteiger partial charge < -0.3 is 15.5 Å². The molecule has 28 heavy (non-hydrogen) atoms. The summed E-state index contributed by atoms with van der Waals surface area (Å²) in [6.07, 6.45) is 2.35. The third-order valence-corrected chi connectivity index (χ3v) is 5.74. The van der Waals surface area contributed by atoms with E-state index in [1.807, 2.05) is 47.4 Å². The molecule has 2 aliphatic heterocycles. The maximum Gasteiger partial charge on any atom is 0.254 e. The molecule has 2 aromatic carbocycles. The number of nitrogens with zero attached hydrogens (tertiary/aromatic N) is 1. The molecule has 0 aliphatic carbocycles. The van der Waals surface area contributed by atoms with Gasteiger partial charge in [0.1, 0.15) is 0 Å². The number of nitrogens with one attached hydrogen (secondary N) is 2. The van der Waals surface area contributed by atoms with Crippen LogP contribution in [0.3, 0.4) is 0 Å². The van der Waals surface area contributed by atoms with Gasteiger partial charge in [0.15, 0.2) is 0 Å². The molecule has 0 spiro atoms. The van der Waals surface area contributed by atoms with Gasteiger partial charge in [0.05, 0.1) is 0 Å². The van der Waals surface area contributed by atoms with Gasteiger partial charge in [-0.2, -0.15) is 0 Å². The van der Waals surface area contributed by atoms with Gasteiger partial charge in [-0.1, -0.05) is 48.5 Å². The van der Waals surface area contributed by atoms with E-state index in [2.05, 4.69) is 22.8 Å². The van der Waals surface area contributed by atoms with Gasteiger partial charge in [0.25, 0.3) is 5.91 Å². The van der Waals surface area contributed by atoms with Gasteiger partial charge >= 0.3 is 0 Å². The lowest BCUT2D eigenvalue weighted by atomic mass is 9.89. The highest BCUT2D eigenvalue weighted by Crippen LogP contribution is 2.28. The van der Waals surface area contributed by atoms with Gasteiger partial charge in [-0.3, -0.25) is 9.59 Å². The van der Waals surface area contributed by atoms with E-state index < -0.39 is 0 Å². The smallest absolute Gasteiger partial charge is 0.254 e. The fraction of sp³-hybridized carbons (Fsp3) is 0.391. The second-order valence-corrected chi connectivity index (χ2v) is 7.67. The van der Waals surface area contributed by atoms with E-state index in [1.54, 1.807) is 0 Å².